The highest BCUT2D eigenvalue weighted by Crippen LogP contribution is 2.23. The fourth-order valence-corrected chi connectivity index (χ4v) is 3.36. The summed E-state index contributed by atoms with van der Waals surface area (Å²) in [7, 11) is 0. The Balaban J connectivity index is 1.46. The summed E-state index contributed by atoms with van der Waals surface area (Å²) in [5, 5.41) is 7.71. The van der Waals surface area contributed by atoms with Gasteiger partial charge in [0, 0.05) is 23.5 Å². The lowest BCUT2D eigenvalue weighted by molar-refractivity contribution is -0.274. The van der Waals surface area contributed by atoms with Crippen molar-refractivity contribution in [3.05, 3.63) is 77.0 Å². The molecular formula is C21H17ClF3N5O2. The summed E-state index contributed by atoms with van der Waals surface area (Å²) in [4.78, 5) is 17.3. The monoisotopic (exact) mass is 463 g/mol. The second kappa shape index (κ2) is 8.54. The fourth-order valence-electron chi connectivity index (χ4n) is 3.21. The van der Waals surface area contributed by atoms with Crippen LogP contribution in [0.2, 0.25) is 5.02 Å². The van der Waals surface area contributed by atoms with Crippen LogP contribution in [-0.2, 0) is 13.0 Å². The minimum Gasteiger partial charge on any atom is -0.406 e. The number of halogens is 4. The number of rotatable bonds is 6. The molecule has 0 saturated heterocycles. The molecule has 1 aromatic carbocycles. The highest BCUT2D eigenvalue weighted by Gasteiger charge is 2.31. The van der Waals surface area contributed by atoms with Gasteiger partial charge >= 0.3 is 6.36 Å². The number of fused-ring (bicyclic) bond motifs is 1. The van der Waals surface area contributed by atoms with Gasteiger partial charge in [-0.1, -0.05) is 18.5 Å². The Morgan fingerprint density at radius 1 is 1.16 bits per heavy atom. The maximum Gasteiger partial charge on any atom is 0.573 e. The van der Waals surface area contributed by atoms with Crippen LogP contribution in [0, 0.1) is 0 Å². The Kier molecular flexibility index (Phi) is 5.79. The van der Waals surface area contributed by atoms with E-state index < -0.39 is 6.36 Å². The van der Waals surface area contributed by atoms with Crippen LogP contribution in [0.4, 0.5) is 13.2 Å². The van der Waals surface area contributed by atoms with Gasteiger partial charge in [-0.15, -0.1) is 13.2 Å². The first-order chi connectivity index (χ1) is 15.2. The number of pyridine rings is 1. The predicted octanol–water partition coefficient (Wildman–Crippen LogP) is 4.56. The number of hydrogen-bond donors (Lipinski definition) is 1. The maximum absolute atomic E-state index is 12.8. The fraction of sp³-hybridized carbons (Fsp3) is 0.190. The summed E-state index contributed by atoms with van der Waals surface area (Å²) in [6.45, 7) is 2.07. The Labute approximate surface area is 185 Å². The molecule has 3 aromatic heterocycles. The van der Waals surface area contributed by atoms with Crippen molar-refractivity contribution >= 4 is 23.2 Å². The van der Waals surface area contributed by atoms with Crippen LogP contribution in [-0.4, -0.2) is 31.4 Å². The molecule has 0 aliphatic rings. The average Bonchev–Trinajstić information content (AvgIpc) is 3.35. The molecule has 0 aliphatic carbocycles. The molecule has 166 valence electrons. The standard InChI is InChI=1S/C21H17ClF3N5O2/c1-2-17-19(29-9-7-13(22)11-18(29)27-17)20(31)26-12-14-8-10-30(28-14)15-3-5-16(6-4-15)32-21(23,24)25/h3-11H,2,12H2,1H3,(H,26,31). The quantitative estimate of drug-likeness (QED) is 0.455. The number of imidazole rings is 1. The third-order valence-corrected chi connectivity index (χ3v) is 4.85. The zero-order valence-corrected chi connectivity index (χ0v) is 17.5. The topological polar surface area (TPSA) is 73.5 Å². The number of nitrogens with one attached hydrogen (secondary N) is 1. The van der Waals surface area contributed by atoms with E-state index in [0.29, 0.717) is 39.9 Å². The number of nitrogens with zero attached hydrogens (tertiary/aromatic N) is 4. The van der Waals surface area contributed by atoms with Crippen molar-refractivity contribution in [3.63, 3.8) is 0 Å². The van der Waals surface area contributed by atoms with E-state index in [2.05, 4.69) is 20.1 Å². The lowest BCUT2D eigenvalue weighted by Crippen LogP contribution is -2.25. The Morgan fingerprint density at radius 3 is 2.59 bits per heavy atom. The molecule has 0 fully saturated rings. The van der Waals surface area contributed by atoms with Crippen LogP contribution in [0.25, 0.3) is 11.3 Å². The second-order valence-electron chi connectivity index (χ2n) is 6.81. The zero-order valence-electron chi connectivity index (χ0n) is 16.7. The first kappa shape index (κ1) is 21.7. The largest absolute Gasteiger partial charge is 0.573 e. The lowest BCUT2D eigenvalue weighted by atomic mass is 10.2. The second-order valence-corrected chi connectivity index (χ2v) is 7.25. The molecule has 3 heterocycles. The number of hydrogen-bond acceptors (Lipinski definition) is 4. The van der Waals surface area contributed by atoms with Crippen molar-refractivity contribution in [2.75, 3.05) is 0 Å². The van der Waals surface area contributed by atoms with Crippen molar-refractivity contribution in [3.8, 4) is 11.4 Å². The molecular weight excluding hydrogens is 447 g/mol. The van der Waals surface area contributed by atoms with Gasteiger partial charge in [0.1, 0.15) is 17.1 Å². The van der Waals surface area contributed by atoms with Crippen molar-refractivity contribution in [1.82, 2.24) is 24.5 Å². The van der Waals surface area contributed by atoms with Gasteiger partial charge in [0.05, 0.1) is 23.6 Å². The summed E-state index contributed by atoms with van der Waals surface area (Å²) in [6, 6.07) is 10.4. The molecule has 0 spiro atoms. The van der Waals surface area contributed by atoms with Crippen LogP contribution in [0.3, 0.4) is 0 Å². The van der Waals surface area contributed by atoms with Gasteiger partial charge in [0.2, 0.25) is 0 Å². The van der Waals surface area contributed by atoms with E-state index in [1.807, 2.05) is 6.92 Å². The van der Waals surface area contributed by atoms with E-state index >= 15 is 0 Å². The van der Waals surface area contributed by atoms with Crippen LogP contribution in [0.5, 0.6) is 5.75 Å². The summed E-state index contributed by atoms with van der Waals surface area (Å²) in [5.74, 6) is -0.623. The highest BCUT2D eigenvalue weighted by molar-refractivity contribution is 6.30. The van der Waals surface area contributed by atoms with Gasteiger partial charge in [-0.25, -0.2) is 9.67 Å². The normalized spacial score (nSPS) is 11.7. The molecule has 0 unspecified atom stereocenters. The Bertz CT molecular complexity index is 1260. The van der Waals surface area contributed by atoms with Crippen LogP contribution in [0.1, 0.15) is 28.8 Å². The van der Waals surface area contributed by atoms with Crippen molar-refractivity contribution in [2.24, 2.45) is 0 Å². The average molecular weight is 464 g/mol. The Hall–Kier alpha value is -3.53. The zero-order chi connectivity index (χ0) is 22.9. The number of benzene rings is 1. The third-order valence-electron chi connectivity index (χ3n) is 4.62. The number of aryl methyl sites for hydroxylation is 1. The minimum atomic E-state index is -4.75. The van der Waals surface area contributed by atoms with Crippen molar-refractivity contribution in [2.45, 2.75) is 26.3 Å². The maximum atomic E-state index is 12.8. The van der Waals surface area contributed by atoms with Gasteiger partial charge < -0.3 is 10.1 Å². The highest BCUT2D eigenvalue weighted by atomic mass is 35.5. The molecule has 0 aliphatic heterocycles. The first-order valence-electron chi connectivity index (χ1n) is 9.59. The molecule has 0 bridgehead atoms. The van der Waals surface area contributed by atoms with Gasteiger partial charge in [-0.2, -0.15) is 5.10 Å². The van der Waals surface area contributed by atoms with Crippen molar-refractivity contribution in [1.29, 1.82) is 0 Å². The molecule has 1 N–H and O–H groups in total. The summed E-state index contributed by atoms with van der Waals surface area (Å²) >= 11 is 6.01. The summed E-state index contributed by atoms with van der Waals surface area (Å²) < 4.78 is 43.9. The SMILES string of the molecule is CCc1nc2cc(Cl)ccn2c1C(=O)NCc1ccn(-c2ccc(OC(F)(F)F)cc2)n1. The van der Waals surface area contributed by atoms with E-state index in [1.54, 1.807) is 35.0 Å². The van der Waals surface area contributed by atoms with Gasteiger partial charge in [-0.05, 0) is 42.8 Å². The van der Waals surface area contributed by atoms with E-state index in [4.69, 9.17) is 11.6 Å². The number of alkyl halides is 3. The predicted molar refractivity (Wildman–Crippen MR) is 111 cm³/mol. The summed E-state index contributed by atoms with van der Waals surface area (Å²) in [5.41, 5.74) is 2.78. The van der Waals surface area contributed by atoms with Crippen LogP contribution >= 0.6 is 11.6 Å². The van der Waals surface area contributed by atoms with Gasteiger partial charge in [-0.3, -0.25) is 9.20 Å². The smallest absolute Gasteiger partial charge is 0.406 e. The Morgan fingerprint density at radius 2 is 1.91 bits per heavy atom. The molecule has 0 atom stereocenters. The molecule has 32 heavy (non-hydrogen) atoms. The summed E-state index contributed by atoms with van der Waals surface area (Å²) in [6.07, 6.45) is -0.831. The minimum absolute atomic E-state index is 0.158. The number of ether oxygens (including phenoxy) is 1. The van der Waals surface area contributed by atoms with E-state index in [0.717, 1.165) is 0 Å². The van der Waals surface area contributed by atoms with Crippen LogP contribution in [0.15, 0.2) is 54.9 Å². The van der Waals surface area contributed by atoms with E-state index in [9.17, 15) is 18.0 Å². The molecule has 11 heteroatoms. The number of carbonyl (C=O) groups excluding carboxylic acids is 1. The van der Waals surface area contributed by atoms with Gasteiger partial charge in [0.25, 0.3) is 5.91 Å². The molecule has 7 nitrogen and oxygen atoms in total. The van der Waals surface area contributed by atoms with E-state index in [1.165, 1.54) is 28.9 Å². The first-order valence-corrected chi connectivity index (χ1v) is 9.96. The third kappa shape index (κ3) is 4.70. The lowest BCUT2D eigenvalue weighted by Gasteiger charge is -2.09. The molecule has 0 saturated carbocycles. The molecule has 1 amide bonds. The van der Waals surface area contributed by atoms with E-state index in [-0.39, 0.29) is 18.2 Å². The van der Waals surface area contributed by atoms with Gasteiger partial charge in [0.15, 0.2) is 0 Å². The number of carbonyl (C=O) groups is 1. The molecule has 4 aromatic rings. The molecule has 0 radical (unpaired) electrons. The van der Waals surface area contributed by atoms with Crippen molar-refractivity contribution < 1.29 is 22.7 Å². The molecule has 4 rings (SSSR count). The van der Waals surface area contributed by atoms with Crippen LogP contribution < -0.4 is 10.1 Å². The number of amides is 1. The number of aromatic nitrogens is 4.